The first-order valence-electron chi connectivity index (χ1n) is 6.88. The molecule has 1 fully saturated rings. The van der Waals surface area contributed by atoms with Gasteiger partial charge in [0.25, 0.3) is 0 Å². The molecule has 2 rings (SSSR count). The Bertz CT molecular complexity index is 536. The zero-order valence-electron chi connectivity index (χ0n) is 12.3. The Hall–Kier alpha value is -1.11. The predicted molar refractivity (Wildman–Crippen MR) is 81.5 cm³/mol. The van der Waals surface area contributed by atoms with Crippen LogP contribution in [0.1, 0.15) is 12.8 Å². The third kappa shape index (κ3) is 3.71. The van der Waals surface area contributed by atoms with E-state index in [1.807, 2.05) is 12.1 Å². The molecule has 0 bridgehead atoms. The summed E-state index contributed by atoms with van der Waals surface area (Å²) in [6.45, 7) is 1.87. The summed E-state index contributed by atoms with van der Waals surface area (Å²) in [6, 6.07) is 7.68. The van der Waals surface area contributed by atoms with Gasteiger partial charge in [0.15, 0.2) is 0 Å². The van der Waals surface area contributed by atoms with E-state index in [2.05, 4.69) is 17.3 Å². The van der Waals surface area contributed by atoms with Crippen LogP contribution in [0.25, 0.3) is 0 Å². The second-order valence-electron chi connectivity index (χ2n) is 5.45. The predicted octanol–water partition coefficient (Wildman–Crippen LogP) is 1.44. The topological polar surface area (TPSA) is 52.7 Å². The van der Waals surface area contributed by atoms with Crippen LogP contribution in [0.2, 0.25) is 0 Å². The fraction of sp³-hybridized carbons (Fsp3) is 0.571. The third-order valence-corrected chi connectivity index (χ3v) is 5.43. The van der Waals surface area contributed by atoms with E-state index in [-0.39, 0.29) is 0 Å². The Kier molecular flexibility index (Phi) is 4.67. The smallest absolute Gasteiger partial charge is 0.242 e. The fourth-order valence-electron chi connectivity index (χ4n) is 2.03. The van der Waals surface area contributed by atoms with Gasteiger partial charge in [-0.15, -0.1) is 0 Å². The minimum Gasteiger partial charge on any atom is -0.384 e. The molecule has 1 N–H and O–H groups in total. The highest BCUT2D eigenvalue weighted by atomic mass is 32.2. The van der Waals surface area contributed by atoms with Crippen molar-refractivity contribution >= 4 is 15.7 Å². The zero-order chi connectivity index (χ0) is 14.8. The first kappa shape index (κ1) is 15.3. The van der Waals surface area contributed by atoms with E-state index < -0.39 is 10.0 Å². The molecule has 1 aliphatic carbocycles. The van der Waals surface area contributed by atoms with Crippen LogP contribution in [0.15, 0.2) is 29.2 Å². The number of nitrogens with zero attached hydrogens (tertiary/aromatic N) is 2. The van der Waals surface area contributed by atoms with Crippen LogP contribution >= 0.6 is 0 Å². The Balaban J connectivity index is 1.88. The molecule has 112 valence electrons. The number of nitrogens with one attached hydrogen (secondary N) is 1. The zero-order valence-corrected chi connectivity index (χ0v) is 13.2. The van der Waals surface area contributed by atoms with Crippen LogP contribution in [0, 0.1) is 0 Å². The lowest BCUT2D eigenvalue weighted by Gasteiger charge is -2.16. The second kappa shape index (κ2) is 6.11. The van der Waals surface area contributed by atoms with Crippen molar-refractivity contribution in [3.63, 3.8) is 0 Å². The highest BCUT2D eigenvalue weighted by Crippen LogP contribution is 2.24. The van der Waals surface area contributed by atoms with Crippen LogP contribution in [0.3, 0.4) is 0 Å². The molecule has 1 aromatic rings. The van der Waals surface area contributed by atoms with Crippen LogP contribution < -0.4 is 5.32 Å². The van der Waals surface area contributed by atoms with Gasteiger partial charge in [-0.2, -0.15) is 0 Å². The van der Waals surface area contributed by atoms with E-state index in [0.717, 1.165) is 24.8 Å². The molecular weight excluding hydrogens is 274 g/mol. The average molecular weight is 297 g/mol. The summed E-state index contributed by atoms with van der Waals surface area (Å²) in [5, 5.41) is 3.32. The van der Waals surface area contributed by atoms with Crippen molar-refractivity contribution in [2.45, 2.75) is 23.8 Å². The van der Waals surface area contributed by atoms with Gasteiger partial charge < -0.3 is 10.2 Å². The maximum atomic E-state index is 11.9. The monoisotopic (exact) mass is 297 g/mol. The molecular formula is C14H23N3O2S. The number of sulfonamides is 1. The molecule has 1 saturated carbocycles. The van der Waals surface area contributed by atoms with Gasteiger partial charge in [-0.3, -0.25) is 0 Å². The second-order valence-corrected chi connectivity index (χ2v) is 7.60. The molecule has 0 amide bonds. The van der Waals surface area contributed by atoms with Crippen molar-refractivity contribution in [3.8, 4) is 0 Å². The molecule has 20 heavy (non-hydrogen) atoms. The summed E-state index contributed by atoms with van der Waals surface area (Å²) in [4.78, 5) is 2.68. The highest BCUT2D eigenvalue weighted by Gasteiger charge is 2.25. The summed E-state index contributed by atoms with van der Waals surface area (Å²) >= 11 is 0. The lowest BCUT2D eigenvalue weighted by atomic mass is 10.3. The molecule has 5 nitrogen and oxygen atoms in total. The first-order valence-corrected chi connectivity index (χ1v) is 8.32. The van der Waals surface area contributed by atoms with Crippen molar-refractivity contribution in [2.75, 3.05) is 39.5 Å². The van der Waals surface area contributed by atoms with Gasteiger partial charge in [-0.05, 0) is 44.2 Å². The van der Waals surface area contributed by atoms with E-state index in [0.29, 0.717) is 4.90 Å². The largest absolute Gasteiger partial charge is 0.384 e. The number of rotatable bonds is 7. The molecule has 1 aromatic carbocycles. The molecule has 0 aromatic heterocycles. The van der Waals surface area contributed by atoms with E-state index in [4.69, 9.17) is 0 Å². The molecule has 0 unspecified atom stereocenters. The molecule has 0 atom stereocenters. The van der Waals surface area contributed by atoms with Gasteiger partial charge in [0.05, 0.1) is 4.90 Å². The van der Waals surface area contributed by atoms with Gasteiger partial charge >= 0.3 is 0 Å². The summed E-state index contributed by atoms with van der Waals surface area (Å²) in [5.41, 5.74) is 0.951. The van der Waals surface area contributed by atoms with Crippen molar-refractivity contribution in [1.29, 1.82) is 0 Å². The van der Waals surface area contributed by atoms with Crippen LogP contribution in [-0.2, 0) is 10.0 Å². The number of hydrogen-bond acceptors (Lipinski definition) is 4. The molecule has 0 saturated heterocycles. The van der Waals surface area contributed by atoms with E-state index in [1.54, 1.807) is 12.1 Å². The normalized spacial score (nSPS) is 15.8. The lowest BCUT2D eigenvalue weighted by molar-refractivity contribution is 0.337. The maximum Gasteiger partial charge on any atom is 0.242 e. The van der Waals surface area contributed by atoms with E-state index in [9.17, 15) is 8.42 Å². The number of hydrogen-bond donors (Lipinski definition) is 1. The summed E-state index contributed by atoms with van der Waals surface area (Å²) < 4.78 is 25.1. The van der Waals surface area contributed by atoms with E-state index >= 15 is 0 Å². The van der Waals surface area contributed by atoms with Gasteiger partial charge in [0, 0.05) is 38.9 Å². The SMILES string of the molecule is CN(CCNc1ccc(S(=O)(=O)N(C)C)cc1)C1CC1. The molecule has 0 heterocycles. The quantitative estimate of drug-likeness (QED) is 0.827. The van der Waals surface area contributed by atoms with Crippen molar-refractivity contribution in [3.05, 3.63) is 24.3 Å². The van der Waals surface area contributed by atoms with Crippen molar-refractivity contribution in [1.82, 2.24) is 9.21 Å². The van der Waals surface area contributed by atoms with Gasteiger partial charge in [-0.25, -0.2) is 12.7 Å². The van der Waals surface area contributed by atoms with Crippen LogP contribution in [0.5, 0.6) is 0 Å². The molecule has 0 aliphatic heterocycles. The lowest BCUT2D eigenvalue weighted by Crippen LogP contribution is -2.27. The Morgan fingerprint density at radius 3 is 2.25 bits per heavy atom. The van der Waals surface area contributed by atoms with Crippen LogP contribution in [0.4, 0.5) is 5.69 Å². The maximum absolute atomic E-state index is 11.9. The molecule has 0 radical (unpaired) electrons. The average Bonchev–Trinajstić information content (AvgIpc) is 3.23. The Morgan fingerprint density at radius 2 is 1.75 bits per heavy atom. The molecule has 1 aliphatic rings. The highest BCUT2D eigenvalue weighted by molar-refractivity contribution is 7.89. The summed E-state index contributed by atoms with van der Waals surface area (Å²) in [6.07, 6.45) is 2.63. The number of anilines is 1. The van der Waals surface area contributed by atoms with Crippen LogP contribution in [-0.4, -0.2) is 57.9 Å². The first-order chi connectivity index (χ1) is 9.41. The number of benzene rings is 1. The fourth-order valence-corrected chi connectivity index (χ4v) is 2.93. The van der Waals surface area contributed by atoms with Gasteiger partial charge in [-0.1, -0.05) is 0 Å². The number of likely N-dealkylation sites (N-methyl/N-ethyl adjacent to an activating group) is 1. The molecule has 0 spiro atoms. The van der Waals surface area contributed by atoms with Crippen molar-refractivity contribution < 1.29 is 8.42 Å². The van der Waals surface area contributed by atoms with Crippen molar-refractivity contribution in [2.24, 2.45) is 0 Å². The van der Waals surface area contributed by atoms with Gasteiger partial charge in [0.2, 0.25) is 10.0 Å². The minimum atomic E-state index is -3.33. The summed E-state index contributed by atoms with van der Waals surface area (Å²) in [7, 11) is 1.89. The van der Waals surface area contributed by atoms with Gasteiger partial charge in [0.1, 0.15) is 0 Å². The summed E-state index contributed by atoms with van der Waals surface area (Å²) in [5.74, 6) is 0. The third-order valence-electron chi connectivity index (χ3n) is 3.60. The Labute approximate surface area is 121 Å². The standard InChI is InChI=1S/C14H23N3O2S/c1-16(2)20(18,19)14-8-4-12(5-9-14)15-10-11-17(3)13-6-7-13/h4-5,8-9,13,15H,6-7,10-11H2,1-3H3. The minimum absolute atomic E-state index is 0.322. The molecule has 6 heteroatoms. The Morgan fingerprint density at radius 1 is 1.15 bits per heavy atom. The van der Waals surface area contributed by atoms with E-state index in [1.165, 1.54) is 31.2 Å².